The molecule has 9 heteroatoms. The SMILES string of the molecule is Cl.Cl.NCC(F)(F)CNC(=O)c1cccnc1N1CCCC1. The number of hydrogen-bond donors (Lipinski definition) is 2. The van der Waals surface area contributed by atoms with Crippen LogP contribution in [0, 0.1) is 0 Å². The van der Waals surface area contributed by atoms with Crippen LogP contribution in [0.25, 0.3) is 0 Å². The lowest BCUT2D eigenvalue weighted by Gasteiger charge is -2.20. The van der Waals surface area contributed by atoms with Crippen molar-refractivity contribution in [1.82, 2.24) is 10.3 Å². The first kappa shape index (κ1) is 20.8. The molecule has 0 bridgehead atoms. The predicted molar refractivity (Wildman–Crippen MR) is 86.5 cm³/mol. The van der Waals surface area contributed by atoms with Gasteiger partial charge in [0.25, 0.3) is 11.8 Å². The molecule has 5 nitrogen and oxygen atoms in total. The fourth-order valence-corrected chi connectivity index (χ4v) is 2.13. The van der Waals surface area contributed by atoms with E-state index in [1.807, 2.05) is 4.90 Å². The van der Waals surface area contributed by atoms with Crippen molar-refractivity contribution in [3.63, 3.8) is 0 Å². The summed E-state index contributed by atoms with van der Waals surface area (Å²) in [5.41, 5.74) is 5.26. The lowest BCUT2D eigenvalue weighted by Crippen LogP contribution is -2.42. The Bertz CT molecular complexity index is 485. The summed E-state index contributed by atoms with van der Waals surface area (Å²) < 4.78 is 26.1. The van der Waals surface area contributed by atoms with Crippen LogP contribution in [0.3, 0.4) is 0 Å². The summed E-state index contributed by atoms with van der Waals surface area (Å²) in [5, 5.41) is 2.22. The highest BCUT2D eigenvalue weighted by Crippen LogP contribution is 2.22. The Morgan fingerprint density at radius 1 is 1.36 bits per heavy atom. The van der Waals surface area contributed by atoms with E-state index in [0.29, 0.717) is 11.4 Å². The molecule has 1 aromatic rings. The van der Waals surface area contributed by atoms with E-state index in [9.17, 15) is 13.6 Å². The summed E-state index contributed by atoms with van der Waals surface area (Å²) in [5.74, 6) is -3.09. The van der Waals surface area contributed by atoms with E-state index in [-0.39, 0.29) is 24.8 Å². The summed E-state index contributed by atoms with van der Waals surface area (Å²) in [6.45, 7) is 0.0997. The highest BCUT2D eigenvalue weighted by Gasteiger charge is 2.28. The number of alkyl halides is 2. The maximum absolute atomic E-state index is 13.1. The topological polar surface area (TPSA) is 71.2 Å². The van der Waals surface area contributed by atoms with Gasteiger partial charge in [-0.1, -0.05) is 0 Å². The van der Waals surface area contributed by atoms with Crippen molar-refractivity contribution in [2.24, 2.45) is 5.73 Å². The first-order valence-corrected chi connectivity index (χ1v) is 6.59. The van der Waals surface area contributed by atoms with Gasteiger partial charge in [-0.25, -0.2) is 13.8 Å². The fraction of sp³-hybridized carbons (Fsp3) is 0.538. The third-order valence-electron chi connectivity index (χ3n) is 3.24. The number of carbonyl (C=O) groups excluding carboxylic acids is 1. The molecule has 0 unspecified atom stereocenters. The Kier molecular flexibility index (Phi) is 8.58. The van der Waals surface area contributed by atoms with Gasteiger partial charge in [0.05, 0.1) is 18.7 Å². The third-order valence-corrected chi connectivity index (χ3v) is 3.24. The molecular weight excluding hydrogens is 337 g/mol. The Morgan fingerprint density at radius 2 is 2.00 bits per heavy atom. The number of anilines is 1. The van der Waals surface area contributed by atoms with Gasteiger partial charge in [0.2, 0.25) is 0 Å². The fourth-order valence-electron chi connectivity index (χ4n) is 2.13. The zero-order valence-corrected chi connectivity index (χ0v) is 13.6. The number of hydrogen-bond acceptors (Lipinski definition) is 4. The second-order valence-corrected chi connectivity index (χ2v) is 4.81. The molecule has 0 radical (unpaired) electrons. The van der Waals surface area contributed by atoms with Crippen LogP contribution in [0.2, 0.25) is 0 Å². The summed E-state index contributed by atoms with van der Waals surface area (Å²) in [4.78, 5) is 18.2. The average molecular weight is 357 g/mol. The molecule has 1 fully saturated rings. The first-order valence-electron chi connectivity index (χ1n) is 6.59. The molecule has 1 amide bonds. The molecule has 1 aromatic heterocycles. The zero-order chi connectivity index (χ0) is 14.6. The van der Waals surface area contributed by atoms with Crippen LogP contribution in [-0.2, 0) is 0 Å². The molecule has 0 atom stereocenters. The number of rotatable bonds is 5. The maximum atomic E-state index is 13.1. The lowest BCUT2D eigenvalue weighted by molar-refractivity contribution is 0.0118. The van der Waals surface area contributed by atoms with E-state index in [0.717, 1.165) is 25.9 Å². The molecule has 0 aromatic carbocycles. The van der Waals surface area contributed by atoms with Crippen LogP contribution in [-0.4, -0.2) is 43.0 Å². The molecule has 126 valence electrons. The van der Waals surface area contributed by atoms with Gasteiger partial charge in [0.1, 0.15) is 5.82 Å². The van der Waals surface area contributed by atoms with E-state index in [1.165, 1.54) is 0 Å². The number of halogens is 4. The van der Waals surface area contributed by atoms with Crippen LogP contribution in [0.5, 0.6) is 0 Å². The summed E-state index contributed by atoms with van der Waals surface area (Å²) in [6.07, 6.45) is 3.69. The Hall–Kier alpha value is -1.18. The van der Waals surface area contributed by atoms with Crippen LogP contribution >= 0.6 is 24.8 Å². The van der Waals surface area contributed by atoms with Gasteiger partial charge in [-0.05, 0) is 25.0 Å². The Balaban J connectivity index is 0.00000220. The molecule has 2 rings (SSSR count). The van der Waals surface area contributed by atoms with Crippen LogP contribution in [0.15, 0.2) is 18.3 Å². The first-order chi connectivity index (χ1) is 9.53. The summed E-state index contributed by atoms with van der Waals surface area (Å²) in [7, 11) is 0. The summed E-state index contributed by atoms with van der Waals surface area (Å²) in [6, 6.07) is 3.21. The minimum Gasteiger partial charge on any atom is -0.356 e. The van der Waals surface area contributed by atoms with E-state index in [2.05, 4.69) is 10.3 Å². The van der Waals surface area contributed by atoms with Gasteiger partial charge in [-0.3, -0.25) is 4.79 Å². The van der Waals surface area contributed by atoms with Crippen LogP contribution in [0.4, 0.5) is 14.6 Å². The molecular formula is C13H20Cl2F2N4O. The quantitative estimate of drug-likeness (QED) is 0.844. The van der Waals surface area contributed by atoms with Gasteiger partial charge < -0.3 is 16.0 Å². The minimum absolute atomic E-state index is 0. The molecule has 2 heterocycles. The van der Waals surface area contributed by atoms with Crippen molar-refractivity contribution < 1.29 is 13.6 Å². The normalized spacial score (nSPS) is 14.0. The van der Waals surface area contributed by atoms with E-state index in [1.54, 1.807) is 18.3 Å². The molecule has 0 spiro atoms. The maximum Gasteiger partial charge on any atom is 0.277 e. The van der Waals surface area contributed by atoms with Crippen LogP contribution in [0.1, 0.15) is 23.2 Å². The number of amides is 1. The highest BCUT2D eigenvalue weighted by atomic mass is 35.5. The largest absolute Gasteiger partial charge is 0.356 e. The van der Waals surface area contributed by atoms with Crippen molar-refractivity contribution in [1.29, 1.82) is 0 Å². The van der Waals surface area contributed by atoms with Gasteiger partial charge in [-0.15, -0.1) is 24.8 Å². The lowest BCUT2D eigenvalue weighted by atomic mass is 10.2. The highest BCUT2D eigenvalue weighted by molar-refractivity contribution is 5.98. The van der Waals surface area contributed by atoms with Gasteiger partial charge in [0, 0.05) is 19.3 Å². The molecule has 1 aliphatic rings. The van der Waals surface area contributed by atoms with Gasteiger partial charge in [-0.2, -0.15) is 0 Å². The van der Waals surface area contributed by atoms with Gasteiger partial charge >= 0.3 is 0 Å². The third kappa shape index (κ3) is 5.23. The van der Waals surface area contributed by atoms with Crippen molar-refractivity contribution in [3.05, 3.63) is 23.9 Å². The number of nitrogens with two attached hydrogens (primary N) is 1. The summed E-state index contributed by atoms with van der Waals surface area (Å²) >= 11 is 0. The number of aromatic nitrogens is 1. The standard InChI is InChI=1S/C13H18F2N4O.2ClH/c14-13(15,8-16)9-18-12(20)10-4-3-5-17-11(10)19-6-1-2-7-19;;/h3-5H,1-2,6-9,16H2,(H,18,20);2*1H. The van der Waals surface area contributed by atoms with Crippen molar-refractivity contribution in [3.8, 4) is 0 Å². The Morgan fingerprint density at radius 3 is 2.59 bits per heavy atom. The number of nitrogens with zero attached hydrogens (tertiary/aromatic N) is 2. The average Bonchev–Trinajstić information content (AvgIpc) is 2.99. The van der Waals surface area contributed by atoms with Crippen molar-refractivity contribution >= 4 is 36.5 Å². The monoisotopic (exact) mass is 356 g/mol. The van der Waals surface area contributed by atoms with Gasteiger partial charge in [0.15, 0.2) is 0 Å². The number of nitrogens with one attached hydrogen (secondary N) is 1. The molecule has 0 aliphatic carbocycles. The minimum atomic E-state index is -3.09. The molecule has 1 aliphatic heterocycles. The van der Waals surface area contributed by atoms with Crippen LogP contribution < -0.4 is 16.0 Å². The smallest absolute Gasteiger partial charge is 0.277 e. The molecule has 22 heavy (non-hydrogen) atoms. The Labute approximate surface area is 140 Å². The van der Waals surface area contributed by atoms with E-state index < -0.39 is 24.9 Å². The van der Waals surface area contributed by atoms with E-state index >= 15 is 0 Å². The van der Waals surface area contributed by atoms with E-state index in [4.69, 9.17) is 5.73 Å². The zero-order valence-electron chi connectivity index (χ0n) is 11.9. The number of carbonyl (C=O) groups is 1. The molecule has 3 N–H and O–H groups in total. The molecule has 0 saturated carbocycles. The van der Waals surface area contributed by atoms with Crippen molar-refractivity contribution in [2.75, 3.05) is 31.1 Å². The second-order valence-electron chi connectivity index (χ2n) is 4.81. The van der Waals surface area contributed by atoms with Crippen molar-refractivity contribution in [2.45, 2.75) is 18.8 Å². The molecule has 1 saturated heterocycles. The number of pyridine rings is 1. The second kappa shape index (κ2) is 9.07. The predicted octanol–water partition coefficient (Wildman–Crippen LogP) is 1.85.